The van der Waals surface area contributed by atoms with Crippen LogP contribution in [0.15, 0.2) is 24.3 Å². The van der Waals surface area contributed by atoms with Crippen molar-refractivity contribution in [1.82, 2.24) is 24.8 Å². The number of alkyl halides is 3. The molecule has 31 heavy (non-hydrogen) atoms. The van der Waals surface area contributed by atoms with Crippen molar-refractivity contribution in [3.63, 3.8) is 0 Å². The largest absolute Gasteiger partial charge is 0.435 e. The van der Waals surface area contributed by atoms with Crippen LogP contribution in [0.3, 0.4) is 0 Å². The molecule has 2 aliphatic heterocycles. The van der Waals surface area contributed by atoms with Crippen LogP contribution < -0.4 is 0 Å². The Balaban J connectivity index is 1.52. The lowest BCUT2D eigenvalue weighted by Gasteiger charge is -2.33. The third kappa shape index (κ3) is 4.26. The Labute approximate surface area is 175 Å². The van der Waals surface area contributed by atoms with E-state index in [9.17, 15) is 27.2 Å². The van der Waals surface area contributed by atoms with Crippen LogP contribution in [0.4, 0.5) is 17.6 Å². The summed E-state index contributed by atoms with van der Waals surface area (Å²) >= 11 is 0. The van der Waals surface area contributed by atoms with Crippen LogP contribution in [0.2, 0.25) is 0 Å². The number of benzene rings is 1. The van der Waals surface area contributed by atoms with Gasteiger partial charge in [-0.1, -0.05) is 5.21 Å². The molecule has 2 aliphatic rings. The first kappa shape index (κ1) is 21.3. The van der Waals surface area contributed by atoms with E-state index in [4.69, 9.17) is 0 Å². The van der Waals surface area contributed by atoms with Crippen LogP contribution >= 0.6 is 0 Å². The van der Waals surface area contributed by atoms with E-state index in [1.165, 1.54) is 4.90 Å². The zero-order chi connectivity index (χ0) is 22.2. The van der Waals surface area contributed by atoms with Gasteiger partial charge in [0, 0.05) is 32.1 Å². The fourth-order valence-electron chi connectivity index (χ4n) is 4.12. The quantitative estimate of drug-likeness (QED) is 0.690. The number of halogens is 4. The molecule has 0 atom stereocenters. The number of carbonyl (C=O) groups is 2. The normalized spacial score (nSPS) is 17.9. The second-order valence-electron chi connectivity index (χ2n) is 7.77. The summed E-state index contributed by atoms with van der Waals surface area (Å²) in [5, 5.41) is 7.02. The van der Waals surface area contributed by atoms with Crippen molar-refractivity contribution in [2.45, 2.75) is 31.9 Å². The van der Waals surface area contributed by atoms with Gasteiger partial charge in [0.25, 0.3) is 5.91 Å². The average Bonchev–Trinajstić information content (AvgIpc) is 3.43. The first-order valence-corrected chi connectivity index (χ1v) is 10.1. The van der Waals surface area contributed by atoms with E-state index in [1.54, 1.807) is 0 Å². The second kappa shape index (κ2) is 8.27. The van der Waals surface area contributed by atoms with E-state index in [2.05, 4.69) is 10.3 Å². The highest BCUT2D eigenvalue weighted by Crippen LogP contribution is 2.34. The Bertz CT molecular complexity index is 959. The molecule has 0 bridgehead atoms. The summed E-state index contributed by atoms with van der Waals surface area (Å²) < 4.78 is 55.0. The SMILES string of the molecule is O=C(c1nnn(-c2ccc(F)cc2)c1C(F)(F)F)N1CCC(C(=O)N2CCCC2)CC1. The number of hydrogen-bond donors (Lipinski definition) is 0. The number of nitrogens with zero attached hydrogens (tertiary/aromatic N) is 5. The fraction of sp³-hybridized carbons (Fsp3) is 0.500. The number of piperidine rings is 1. The van der Waals surface area contributed by atoms with Crippen molar-refractivity contribution in [3.05, 3.63) is 41.5 Å². The molecule has 2 amide bonds. The maximum Gasteiger partial charge on any atom is 0.435 e. The van der Waals surface area contributed by atoms with Crippen LogP contribution in [-0.4, -0.2) is 62.8 Å². The van der Waals surface area contributed by atoms with Gasteiger partial charge in [-0.3, -0.25) is 9.59 Å². The topological polar surface area (TPSA) is 71.3 Å². The van der Waals surface area contributed by atoms with E-state index >= 15 is 0 Å². The van der Waals surface area contributed by atoms with Crippen molar-refractivity contribution >= 4 is 11.8 Å². The Morgan fingerprint density at radius 1 is 0.935 bits per heavy atom. The molecule has 2 fully saturated rings. The van der Waals surface area contributed by atoms with Gasteiger partial charge in [-0.25, -0.2) is 9.07 Å². The van der Waals surface area contributed by atoms with Gasteiger partial charge in [-0.15, -0.1) is 5.10 Å². The number of hydrogen-bond acceptors (Lipinski definition) is 4. The van der Waals surface area contributed by atoms with Crippen molar-refractivity contribution in [2.24, 2.45) is 5.92 Å². The first-order valence-electron chi connectivity index (χ1n) is 10.1. The van der Waals surface area contributed by atoms with Gasteiger partial charge in [-0.2, -0.15) is 13.2 Å². The summed E-state index contributed by atoms with van der Waals surface area (Å²) in [6.45, 7) is 1.81. The Hall–Kier alpha value is -2.98. The highest BCUT2D eigenvalue weighted by molar-refractivity contribution is 5.94. The summed E-state index contributed by atoms with van der Waals surface area (Å²) in [7, 11) is 0. The maximum atomic E-state index is 13.8. The Morgan fingerprint density at radius 3 is 2.13 bits per heavy atom. The molecular weight excluding hydrogens is 418 g/mol. The maximum absolute atomic E-state index is 13.8. The second-order valence-corrected chi connectivity index (χ2v) is 7.77. The minimum atomic E-state index is -4.90. The fourth-order valence-corrected chi connectivity index (χ4v) is 4.12. The molecule has 1 aromatic heterocycles. The highest BCUT2D eigenvalue weighted by Gasteiger charge is 2.43. The van der Waals surface area contributed by atoms with E-state index in [0.29, 0.717) is 17.5 Å². The Kier molecular flexibility index (Phi) is 5.67. The average molecular weight is 439 g/mol. The Morgan fingerprint density at radius 2 is 1.55 bits per heavy atom. The first-order chi connectivity index (χ1) is 14.8. The number of aromatic nitrogens is 3. The van der Waals surface area contributed by atoms with E-state index in [0.717, 1.165) is 50.2 Å². The lowest BCUT2D eigenvalue weighted by molar-refractivity contribution is -0.143. The minimum Gasteiger partial charge on any atom is -0.342 e. The molecule has 3 heterocycles. The molecule has 7 nitrogen and oxygen atoms in total. The van der Waals surface area contributed by atoms with E-state index < -0.39 is 29.3 Å². The van der Waals surface area contributed by atoms with Crippen molar-refractivity contribution in [1.29, 1.82) is 0 Å². The predicted octanol–water partition coefficient (Wildman–Crippen LogP) is 2.90. The van der Waals surface area contributed by atoms with Gasteiger partial charge in [0.1, 0.15) is 5.82 Å². The predicted molar refractivity (Wildman–Crippen MR) is 101 cm³/mol. The van der Waals surface area contributed by atoms with Gasteiger partial charge in [0.05, 0.1) is 5.69 Å². The molecule has 0 radical (unpaired) electrons. The van der Waals surface area contributed by atoms with Crippen LogP contribution in [0.1, 0.15) is 41.9 Å². The molecule has 0 aliphatic carbocycles. The van der Waals surface area contributed by atoms with Gasteiger partial charge in [-0.05, 0) is 49.9 Å². The molecule has 0 unspecified atom stereocenters. The molecule has 2 saturated heterocycles. The van der Waals surface area contributed by atoms with Crippen LogP contribution in [0.5, 0.6) is 0 Å². The summed E-state index contributed by atoms with van der Waals surface area (Å²) in [5.41, 5.74) is -2.17. The number of amides is 2. The van der Waals surface area contributed by atoms with E-state index in [-0.39, 0.29) is 30.6 Å². The van der Waals surface area contributed by atoms with Crippen molar-refractivity contribution < 1.29 is 27.2 Å². The molecule has 4 rings (SSSR count). The molecule has 0 saturated carbocycles. The third-order valence-electron chi connectivity index (χ3n) is 5.76. The van der Waals surface area contributed by atoms with Crippen LogP contribution in [-0.2, 0) is 11.0 Å². The third-order valence-corrected chi connectivity index (χ3v) is 5.76. The van der Waals surface area contributed by atoms with Crippen molar-refractivity contribution in [2.75, 3.05) is 26.2 Å². The van der Waals surface area contributed by atoms with E-state index in [1.807, 2.05) is 4.90 Å². The molecular formula is C20H21F4N5O2. The van der Waals surface area contributed by atoms with Gasteiger partial charge in [0.2, 0.25) is 5.91 Å². The molecule has 11 heteroatoms. The lowest BCUT2D eigenvalue weighted by Crippen LogP contribution is -2.44. The molecule has 166 valence electrons. The summed E-state index contributed by atoms with van der Waals surface area (Å²) in [6, 6.07) is 4.26. The highest BCUT2D eigenvalue weighted by atomic mass is 19.4. The van der Waals surface area contributed by atoms with Gasteiger partial charge in [0.15, 0.2) is 11.4 Å². The standard InChI is InChI=1S/C20H21F4N5O2/c21-14-3-5-15(6-4-14)29-17(20(22,23)24)16(25-26-29)19(31)28-11-7-13(8-12-28)18(30)27-9-1-2-10-27/h3-6,13H,1-2,7-12H2. The molecule has 0 spiro atoms. The van der Waals surface area contributed by atoms with Crippen molar-refractivity contribution in [3.8, 4) is 5.69 Å². The summed E-state index contributed by atoms with van der Waals surface area (Å²) in [6.07, 6.45) is -2.14. The van der Waals surface area contributed by atoms with Gasteiger partial charge >= 0.3 is 6.18 Å². The van der Waals surface area contributed by atoms with Gasteiger partial charge < -0.3 is 9.80 Å². The molecule has 1 aromatic carbocycles. The summed E-state index contributed by atoms with van der Waals surface area (Å²) in [4.78, 5) is 28.5. The summed E-state index contributed by atoms with van der Waals surface area (Å²) in [5.74, 6) is -1.66. The number of likely N-dealkylation sites (tertiary alicyclic amines) is 2. The zero-order valence-electron chi connectivity index (χ0n) is 16.6. The molecule has 2 aromatic rings. The number of rotatable bonds is 3. The van der Waals surface area contributed by atoms with Crippen LogP contribution in [0, 0.1) is 11.7 Å². The number of carbonyl (C=O) groups excluding carboxylic acids is 2. The van der Waals surface area contributed by atoms with Crippen LogP contribution in [0.25, 0.3) is 5.69 Å². The smallest absolute Gasteiger partial charge is 0.342 e. The molecule has 0 N–H and O–H groups in total. The zero-order valence-corrected chi connectivity index (χ0v) is 16.6. The minimum absolute atomic E-state index is 0.0582. The monoisotopic (exact) mass is 439 g/mol. The lowest BCUT2D eigenvalue weighted by atomic mass is 9.95.